The lowest BCUT2D eigenvalue weighted by molar-refractivity contribution is -0.151. The van der Waals surface area contributed by atoms with Gasteiger partial charge in [0.25, 0.3) is 5.91 Å². The minimum absolute atomic E-state index is 0.0239. The minimum atomic E-state index is -3.79. The van der Waals surface area contributed by atoms with Crippen LogP contribution in [0, 0.1) is 11.8 Å². The van der Waals surface area contributed by atoms with Crippen molar-refractivity contribution in [2.75, 3.05) is 75.5 Å². The number of halogens is 4. The smallest absolute Gasteiger partial charge is 0.387 e. The summed E-state index contributed by atoms with van der Waals surface area (Å²) >= 11 is 14.2. The van der Waals surface area contributed by atoms with E-state index in [4.69, 9.17) is 46.9 Å². The number of pyridine rings is 1. The number of alkyl halides is 2. The maximum atomic E-state index is 14.5. The Hall–Kier alpha value is -3.61. The Labute approximate surface area is 356 Å². The number of morpholine rings is 1. The third-order valence-corrected chi connectivity index (χ3v) is 13.4. The van der Waals surface area contributed by atoms with Crippen molar-refractivity contribution in [3.63, 3.8) is 0 Å². The highest BCUT2D eigenvalue weighted by Crippen LogP contribution is 2.39. The van der Waals surface area contributed by atoms with E-state index in [-0.39, 0.29) is 52.3 Å². The molecule has 0 bridgehead atoms. The molecule has 59 heavy (non-hydrogen) atoms. The van der Waals surface area contributed by atoms with Gasteiger partial charge in [0.1, 0.15) is 11.9 Å². The van der Waals surface area contributed by atoms with E-state index < -0.39 is 40.0 Å². The second-order valence-corrected chi connectivity index (χ2v) is 18.9. The molecule has 0 radical (unpaired) electrons. The average molecular weight is 900 g/mol. The van der Waals surface area contributed by atoms with Crippen LogP contribution in [0.2, 0.25) is 10.0 Å². The van der Waals surface area contributed by atoms with E-state index in [0.717, 1.165) is 31.9 Å². The highest BCUT2D eigenvalue weighted by molar-refractivity contribution is 8.00. The summed E-state index contributed by atoms with van der Waals surface area (Å²) in [5.74, 6) is 0.0691. The highest BCUT2D eigenvalue weighted by atomic mass is 35.5. The van der Waals surface area contributed by atoms with Gasteiger partial charge in [-0.2, -0.15) is 8.78 Å². The predicted octanol–water partition coefficient (Wildman–Crippen LogP) is 6.71. The second-order valence-electron chi connectivity index (χ2n) is 15.0. The van der Waals surface area contributed by atoms with Gasteiger partial charge in [0.2, 0.25) is 10.0 Å². The minimum Gasteiger partial charge on any atom is -0.493 e. The molecule has 2 atom stereocenters. The molecule has 4 fully saturated rings. The third-order valence-electron chi connectivity index (χ3n) is 10.4. The number of rotatable bonds is 19. The topological polar surface area (TPSA) is 137 Å². The first-order valence-electron chi connectivity index (χ1n) is 19.5. The largest absolute Gasteiger partial charge is 0.493 e. The number of benzene rings is 2. The number of amides is 1. The van der Waals surface area contributed by atoms with Crippen LogP contribution < -0.4 is 18.5 Å². The Morgan fingerprint density at radius 1 is 0.966 bits per heavy atom. The van der Waals surface area contributed by atoms with Crippen LogP contribution in [-0.2, 0) is 30.7 Å². The molecule has 1 aromatic heterocycles. The van der Waals surface area contributed by atoms with Gasteiger partial charge < -0.3 is 28.6 Å². The molecule has 4 aliphatic rings. The molecule has 1 unspecified atom stereocenters. The van der Waals surface area contributed by atoms with Crippen molar-refractivity contribution in [1.82, 2.24) is 14.8 Å². The molecule has 2 saturated heterocycles. The van der Waals surface area contributed by atoms with E-state index in [1.165, 1.54) is 57.6 Å². The zero-order chi connectivity index (χ0) is 41.7. The zero-order valence-corrected chi connectivity index (χ0v) is 35.5. The molecule has 3 aromatic rings. The van der Waals surface area contributed by atoms with Gasteiger partial charge in [0.05, 0.1) is 48.4 Å². The van der Waals surface area contributed by atoms with Crippen LogP contribution in [0.3, 0.4) is 0 Å². The van der Waals surface area contributed by atoms with E-state index in [9.17, 15) is 26.8 Å². The molecule has 2 aliphatic heterocycles. The monoisotopic (exact) mass is 898 g/mol. The van der Waals surface area contributed by atoms with Crippen molar-refractivity contribution < 1.29 is 50.5 Å². The first-order chi connectivity index (χ1) is 28.3. The van der Waals surface area contributed by atoms with E-state index in [1.807, 2.05) is 0 Å². The molecule has 0 N–H and O–H groups in total. The number of ether oxygens (including phenoxy) is 5. The van der Waals surface area contributed by atoms with Crippen molar-refractivity contribution in [3.8, 4) is 17.2 Å². The summed E-state index contributed by atoms with van der Waals surface area (Å²) in [6.07, 6.45) is 6.82. The van der Waals surface area contributed by atoms with Crippen molar-refractivity contribution in [2.24, 2.45) is 11.8 Å². The zero-order valence-electron chi connectivity index (χ0n) is 32.4. The van der Waals surface area contributed by atoms with Crippen molar-refractivity contribution in [1.29, 1.82) is 0 Å². The van der Waals surface area contributed by atoms with Crippen molar-refractivity contribution in [2.45, 2.75) is 50.2 Å². The average Bonchev–Trinajstić information content (AvgIpc) is 4.15. The van der Waals surface area contributed by atoms with Crippen LogP contribution in [-0.4, -0.2) is 118 Å². The Kier molecular flexibility index (Phi) is 14.3. The van der Waals surface area contributed by atoms with Crippen molar-refractivity contribution in [3.05, 3.63) is 75.5 Å². The van der Waals surface area contributed by atoms with Gasteiger partial charge in [0.15, 0.2) is 16.9 Å². The first-order valence-corrected chi connectivity index (χ1v) is 23.2. The van der Waals surface area contributed by atoms with Gasteiger partial charge in [-0.25, -0.2) is 13.2 Å². The fraction of sp³-hybridized carbons (Fsp3) is 0.525. The van der Waals surface area contributed by atoms with Crippen LogP contribution >= 0.6 is 35.0 Å². The molecule has 2 aliphatic carbocycles. The van der Waals surface area contributed by atoms with Crippen LogP contribution in [0.1, 0.15) is 53.3 Å². The van der Waals surface area contributed by atoms with Gasteiger partial charge in [-0.15, -0.1) is 11.8 Å². The molecule has 19 heteroatoms. The Bertz CT molecular complexity index is 2070. The number of esters is 1. The quantitative estimate of drug-likeness (QED) is 0.118. The van der Waals surface area contributed by atoms with Gasteiger partial charge in [-0.3, -0.25) is 19.0 Å². The Balaban J connectivity index is 1.16. The summed E-state index contributed by atoms with van der Waals surface area (Å²) in [7, 11) is -3.79. The SMILES string of the molecule is CS(=O)(=O)N(CCN1CCOCC1)c1cc(OCC2CC2)cc(C(=O)N2CCSC2C(=O)O[C@@H](Cc2c(Cl)cncc2Cl)c2ccc(OC(F)F)c(OCC3CC3)c2)c1. The standard InChI is InChI=1S/C40H46Cl2F2N4O9S2/c1-59(51,52)48(9-8-46-10-13-53-14-11-46)29-16-28(17-30(19-29)54-23-25-2-3-25)37(49)47-12-15-58-38(47)39(50)56-35(20-31-32(41)21-45-22-33(31)42)27-6-7-34(57-40(43)44)36(18-27)55-24-26-4-5-26/h6-7,16-19,21-22,25-26,35,38,40H,2-5,8-15,20,23-24H2,1H3/t35-,38?/m0/s1. The number of thioether (sulfide) groups is 1. The number of nitrogens with zero attached hydrogens (tertiary/aromatic N) is 4. The summed E-state index contributed by atoms with van der Waals surface area (Å²) < 4.78 is 82.9. The lowest BCUT2D eigenvalue weighted by Crippen LogP contribution is -2.43. The second kappa shape index (κ2) is 19.4. The number of sulfonamides is 1. The number of hydrogen-bond donors (Lipinski definition) is 0. The van der Waals surface area contributed by atoms with Crippen LogP contribution in [0.25, 0.3) is 0 Å². The third kappa shape index (κ3) is 11.8. The molecule has 0 spiro atoms. The van der Waals surface area contributed by atoms with Crippen LogP contribution in [0.4, 0.5) is 14.5 Å². The van der Waals surface area contributed by atoms with E-state index >= 15 is 0 Å². The van der Waals surface area contributed by atoms with E-state index in [1.54, 1.807) is 12.1 Å². The molecule has 320 valence electrons. The fourth-order valence-electron chi connectivity index (χ4n) is 6.78. The number of hydrogen-bond acceptors (Lipinski definition) is 12. The van der Waals surface area contributed by atoms with Gasteiger partial charge in [-0.1, -0.05) is 29.3 Å². The van der Waals surface area contributed by atoms with Crippen molar-refractivity contribution >= 4 is 62.6 Å². The Morgan fingerprint density at radius 3 is 2.32 bits per heavy atom. The molecule has 7 rings (SSSR count). The van der Waals surface area contributed by atoms with E-state index in [2.05, 4.69) is 9.88 Å². The summed E-state index contributed by atoms with van der Waals surface area (Å²) in [4.78, 5) is 36.2. The van der Waals surface area contributed by atoms with Gasteiger partial charge in [-0.05, 0) is 72.9 Å². The highest BCUT2D eigenvalue weighted by Gasteiger charge is 2.39. The summed E-state index contributed by atoms with van der Waals surface area (Å²) in [6.45, 7) is 0.891. The maximum Gasteiger partial charge on any atom is 0.387 e. The molecule has 2 aromatic carbocycles. The van der Waals surface area contributed by atoms with Crippen LogP contribution in [0.15, 0.2) is 48.8 Å². The van der Waals surface area contributed by atoms with Crippen LogP contribution in [0.5, 0.6) is 17.2 Å². The first kappa shape index (κ1) is 43.5. The van der Waals surface area contributed by atoms with Gasteiger partial charge in [0, 0.05) is 68.9 Å². The molecule has 1 amide bonds. The van der Waals surface area contributed by atoms with E-state index in [0.29, 0.717) is 80.5 Å². The summed E-state index contributed by atoms with van der Waals surface area (Å²) in [5.41, 5.74) is 1.24. The predicted molar refractivity (Wildman–Crippen MR) is 219 cm³/mol. The molecular formula is C40H46Cl2F2N4O9S2. The Morgan fingerprint density at radius 2 is 1.66 bits per heavy atom. The molecule has 13 nitrogen and oxygen atoms in total. The summed E-state index contributed by atoms with van der Waals surface area (Å²) in [6, 6.07) is 9.04. The molecular weight excluding hydrogens is 853 g/mol. The normalized spacial score (nSPS) is 19.1. The number of anilines is 1. The number of aromatic nitrogens is 1. The maximum absolute atomic E-state index is 14.5. The lowest BCUT2D eigenvalue weighted by atomic mass is 10.0. The number of carbonyl (C=O) groups excluding carboxylic acids is 2. The fourth-order valence-corrected chi connectivity index (χ4v) is 9.30. The molecule has 3 heterocycles. The van der Waals surface area contributed by atoms with Gasteiger partial charge >= 0.3 is 12.6 Å². The molecule has 2 saturated carbocycles. The summed E-state index contributed by atoms with van der Waals surface area (Å²) in [5, 5.41) is -0.644. The number of carbonyl (C=O) groups is 2. The lowest BCUT2D eigenvalue weighted by Gasteiger charge is -2.30.